The molecule has 0 aliphatic carbocycles. The fourth-order valence-electron chi connectivity index (χ4n) is 1.81. The molecule has 1 aromatic carbocycles. The minimum Gasteiger partial charge on any atom is -0.378 e. The molecule has 0 saturated heterocycles. The lowest BCUT2D eigenvalue weighted by atomic mass is 10.4. The van der Waals surface area contributed by atoms with Gasteiger partial charge in [-0.2, -0.15) is 0 Å². The van der Waals surface area contributed by atoms with Crippen LogP contribution in [0.25, 0.3) is 0 Å². The van der Waals surface area contributed by atoms with Gasteiger partial charge in [-0.15, -0.1) is 11.8 Å². The van der Waals surface area contributed by atoms with Crippen LogP contribution in [0.1, 0.15) is 18.4 Å². The number of aromatic nitrogens is 2. The van der Waals surface area contributed by atoms with E-state index in [0.29, 0.717) is 6.61 Å². The number of hydrogen-bond donors (Lipinski definition) is 1. The van der Waals surface area contributed by atoms with E-state index < -0.39 is 0 Å². The molecular weight excluding hydrogens is 350 g/mol. The predicted molar refractivity (Wildman–Crippen MR) is 90.6 cm³/mol. The summed E-state index contributed by atoms with van der Waals surface area (Å²) in [6.07, 6.45) is 0. The highest BCUT2D eigenvalue weighted by Gasteiger charge is 2.05. The molecule has 0 spiro atoms. The third kappa shape index (κ3) is 5.30. The van der Waals surface area contributed by atoms with Gasteiger partial charge < -0.3 is 10.1 Å². The molecule has 0 saturated carbocycles. The van der Waals surface area contributed by atoms with E-state index in [1.54, 1.807) is 18.9 Å². The van der Waals surface area contributed by atoms with E-state index in [9.17, 15) is 0 Å². The third-order valence-corrected chi connectivity index (χ3v) is 4.12. The summed E-state index contributed by atoms with van der Waals surface area (Å²) >= 11 is 5.20. The van der Waals surface area contributed by atoms with Gasteiger partial charge in [-0.1, -0.05) is 22.0 Å². The second kappa shape index (κ2) is 8.36. The first-order valence-electron chi connectivity index (χ1n) is 6.69. The molecule has 2 aromatic rings. The van der Waals surface area contributed by atoms with Crippen LogP contribution in [-0.2, 0) is 17.1 Å². The van der Waals surface area contributed by atoms with Crippen LogP contribution in [0, 0.1) is 0 Å². The lowest BCUT2D eigenvalue weighted by Crippen LogP contribution is -2.06. The summed E-state index contributed by atoms with van der Waals surface area (Å²) < 4.78 is 6.24. The van der Waals surface area contributed by atoms with Gasteiger partial charge in [-0.25, -0.2) is 9.97 Å². The summed E-state index contributed by atoms with van der Waals surface area (Å²) in [6, 6.07) is 10.1. The predicted octanol–water partition coefficient (Wildman–Crippen LogP) is 4.11. The Balaban J connectivity index is 2.10. The molecule has 21 heavy (non-hydrogen) atoms. The Morgan fingerprint density at radius 3 is 2.86 bits per heavy atom. The highest BCUT2D eigenvalue weighted by Crippen LogP contribution is 2.24. The number of benzene rings is 1. The fourth-order valence-corrected chi connectivity index (χ4v) is 3.18. The van der Waals surface area contributed by atoms with Gasteiger partial charge >= 0.3 is 0 Å². The monoisotopic (exact) mass is 367 g/mol. The Bertz CT molecular complexity index is 571. The van der Waals surface area contributed by atoms with Gasteiger partial charge in [0, 0.05) is 29.1 Å². The molecule has 2 rings (SSSR count). The van der Waals surface area contributed by atoms with Gasteiger partial charge in [0.2, 0.25) is 0 Å². The van der Waals surface area contributed by atoms with Gasteiger partial charge in [0.15, 0.2) is 0 Å². The first kappa shape index (κ1) is 16.3. The van der Waals surface area contributed by atoms with Crippen LogP contribution in [-0.4, -0.2) is 23.6 Å². The van der Waals surface area contributed by atoms with Crippen LogP contribution in [0.3, 0.4) is 0 Å². The van der Waals surface area contributed by atoms with Gasteiger partial charge in [0.1, 0.15) is 11.6 Å². The third-order valence-electron chi connectivity index (χ3n) is 2.64. The Labute approximate surface area is 137 Å². The number of anilines is 1. The van der Waals surface area contributed by atoms with E-state index in [1.165, 1.54) is 4.90 Å². The second-order valence-corrected chi connectivity index (χ2v) is 6.33. The van der Waals surface area contributed by atoms with Crippen molar-refractivity contribution in [1.29, 1.82) is 0 Å². The van der Waals surface area contributed by atoms with Crippen molar-refractivity contribution < 1.29 is 4.74 Å². The van der Waals surface area contributed by atoms with Crippen molar-refractivity contribution in [3.05, 3.63) is 46.3 Å². The Hall–Kier alpha value is -1.11. The number of halogens is 1. The van der Waals surface area contributed by atoms with Crippen LogP contribution in [0.4, 0.5) is 5.82 Å². The largest absolute Gasteiger partial charge is 0.378 e. The SMILES string of the molecule is CCNc1cc(COC)nc(CSc2cccc(Br)c2)n1. The molecule has 0 bridgehead atoms. The molecule has 0 atom stereocenters. The summed E-state index contributed by atoms with van der Waals surface area (Å²) in [5.41, 5.74) is 0.897. The number of thioether (sulfide) groups is 1. The Morgan fingerprint density at radius 2 is 2.14 bits per heavy atom. The van der Waals surface area contributed by atoms with E-state index in [1.807, 2.05) is 25.1 Å². The maximum Gasteiger partial charge on any atom is 0.141 e. The molecular formula is C15H18BrN3OS. The van der Waals surface area contributed by atoms with Crippen LogP contribution in [0.15, 0.2) is 39.7 Å². The molecule has 112 valence electrons. The normalized spacial score (nSPS) is 10.6. The number of nitrogens with one attached hydrogen (secondary N) is 1. The van der Waals surface area contributed by atoms with Gasteiger partial charge in [-0.3, -0.25) is 0 Å². The summed E-state index contributed by atoms with van der Waals surface area (Å²) in [4.78, 5) is 10.3. The lowest BCUT2D eigenvalue weighted by molar-refractivity contribution is 0.181. The second-order valence-electron chi connectivity index (χ2n) is 4.37. The van der Waals surface area contributed by atoms with E-state index in [-0.39, 0.29) is 0 Å². The summed E-state index contributed by atoms with van der Waals surface area (Å²) in [5, 5.41) is 3.23. The summed E-state index contributed by atoms with van der Waals surface area (Å²) in [6.45, 7) is 3.38. The number of rotatable bonds is 7. The van der Waals surface area contributed by atoms with E-state index in [2.05, 4.69) is 43.3 Å². The molecule has 0 unspecified atom stereocenters. The van der Waals surface area contributed by atoms with Gasteiger partial charge in [0.05, 0.1) is 18.1 Å². The first-order valence-corrected chi connectivity index (χ1v) is 8.47. The van der Waals surface area contributed by atoms with Crippen molar-refractivity contribution in [2.45, 2.75) is 24.2 Å². The molecule has 0 amide bonds. The van der Waals surface area contributed by atoms with Gasteiger partial charge in [-0.05, 0) is 25.1 Å². The van der Waals surface area contributed by atoms with Crippen molar-refractivity contribution in [3.63, 3.8) is 0 Å². The highest BCUT2D eigenvalue weighted by molar-refractivity contribution is 9.10. The maximum absolute atomic E-state index is 5.16. The zero-order valence-electron chi connectivity index (χ0n) is 12.1. The summed E-state index contributed by atoms with van der Waals surface area (Å²) in [7, 11) is 1.67. The number of ether oxygens (including phenoxy) is 1. The average Bonchev–Trinajstić information content (AvgIpc) is 2.46. The maximum atomic E-state index is 5.16. The zero-order valence-corrected chi connectivity index (χ0v) is 14.5. The molecule has 0 fully saturated rings. The lowest BCUT2D eigenvalue weighted by Gasteiger charge is -2.08. The van der Waals surface area contributed by atoms with Crippen molar-refractivity contribution >= 4 is 33.5 Å². The smallest absolute Gasteiger partial charge is 0.141 e. The molecule has 4 nitrogen and oxygen atoms in total. The number of nitrogens with zero attached hydrogens (tertiary/aromatic N) is 2. The van der Waals surface area contributed by atoms with Crippen molar-refractivity contribution in [2.24, 2.45) is 0 Å². The average molecular weight is 368 g/mol. The van der Waals surface area contributed by atoms with Crippen LogP contribution >= 0.6 is 27.7 Å². The molecule has 1 N–H and O–H groups in total. The van der Waals surface area contributed by atoms with E-state index >= 15 is 0 Å². The van der Waals surface area contributed by atoms with Crippen molar-refractivity contribution in [1.82, 2.24) is 9.97 Å². The van der Waals surface area contributed by atoms with E-state index in [4.69, 9.17) is 4.74 Å². The minimum absolute atomic E-state index is 0.496. The fraction of sp³-hybridized carbons (Fsp3) is 0.333. The van der Waals surface area contributed by atoms with Crippen molar-refractivity contribution in [3.8, 4) is 0 Å². The quantitative estimate of drug-likeness (QED) is 0.746. The Morgan fingerprint density at radius 1 is 1.29 bits per heavy atom. The molecule has 0 radical (unpaired) electrons. The zero-order chi connectivity index (χ0) is 15.1. The molecule has 1 heterocycles. The number of methoxy groups -OCH3 is 1. The van der Waals surface area contributed by atoms with Crippen LogP contribution < -0.4 is 5.32 Å². The Kier molecular flexibility index (Phi) is 6.48. The number of hydrogen-bond acceptors (Lipinski definition) is 5. The summed E-state index contributed by atoms with van der Waals surface area (Å²) in [5.74, 6) is 2.39. The topological polar surface area (TPSA) is 47.0 Å². The van der Waals surface area contributed by atoms with E-state index in [0.717, 1.165) is 34.1 Å². The molecule has 1 aromatic heterocycles. The highest BCUT2D eigenvalue weighted by atomic mass is 79.9. The molecule has 6 heteroatoms. The van der Waals surface area contributed by atoms with Crippen molar-refractivity contribution in [2.75, 3.05) is 19.0 Å². The van der Waals surface area contributed by atoms with Crippen LogP contribution in [0.2, 0.25) is 0 Å². The van der Waals surface area contributed by atoms with Gasteiger partial charge in [0.25, 0.3) is 0 Å². The molecule has 0 aliphatic rings. The van der Waals surface area contributed by atoms with Crippen LogP contribution in [0.5, 0.6) is 0 Å². The minimum atomic E-state index is 0.496. The first-order chi connectivity index (χ1) is 10.2. The standard InChI is InChI=1S/C15H18BrN3OS/c1-3-17-14-8-12(9-20-2)18-15(19-14)10-21-13-6-4-5-11(16)7-13/h4-8H,3,9-10H2,1-2H3,(H,17,18,19). The molecule has 0 aliphatic heterocycles.